The van der Waals surface area contributed by atoms with Gasteiger partial charge in [0.1, 0.15) is 17.5 Å². The van der Waals surface area contributed by atoms with Gasteiger partial charge in [0.2, 0.25) is 15.9 Å². The molecular formula is C38H52N6O7S. The van der Waals surface area contributed by atoms with Crippen LogP contribution in [0.5, 0.6) is 5.75 Å². The van der Waals surface area contributed by atoms with Gasteiger partial charge in [-0.15, -0.1) is 0 Å². The maximum Gasteiger partial charge on any atom is 0.321 e. The molecule has 0 radical (unpaired) electrons. The van der Waals surface area contributed by atoms with Crippen molar-refractivity contribution in [3.8, 4) is 5.75 Å². The number of rotatable bonds is 18. The second-order valence-corrected chi connectivity index (χ2v) is 15.7. The summed E-state index contributed by atoms with van der Waals surface area (Å²) in [6.45, 7) is 10.2. The molecule has 1 fully saturated rings. The highest BCUT2D eigenvalue weighted by Crippen LogP contribution is 2.25. The lowest BCUT2D eigenvalue weighted by atomic mass is 9.95. The minimum Gasteiger partial charge on any atom is -0.497 e. The summed E-state index contributed by atoms with van der Waals surface area (Å²) in [5.41, 5.74) is 2.49. The monoisotopic (exact) mass is 736 g/mol. The molecule has 1 aliphatic rings. The van der Waals surface area contributed by atoms with Crippen LogP contribution in [0.3, 0.4) is 0 Å². The van der Waals surface area contributed by atoms with Crippen LogP contribution in [0.1, 0.15) is 57.9 Å². The third-order valence-electron chi connectivity index (χ3n) is 9.38. The Labute approximate surface area is 307 Å². The number of aliphatic hydroxyl groups excluding tert-OH is 1. The Morgan fingerprint density at radius 2 is 1.73 bits per heavy atom. The number of pyridine rings is 1. The second kappa shape index (κ2) is 18.3. The van der Waals surface area contributed by atoms with Crippen LogP contribution < -0.4 is 10.1 Å². The van der Waals surface area contributed by atoms with E-state index >= 15 is 0 Å². The molecule has 282 valence electrons. The number of sulfonamides is 1. The Hall–Kier alpha value is -4.53. The smallest absolute Gasteiger partial charge is 0.321 e. The van der Waals surface area contributed by atoms with Crippen LogP contribution in [0.2, 0.25) is 0 Å². The number of hydrogen-bond donors (Lipinski definition) is 3. The Morgan fingerprint density at radius 3 is 2.35 bits per heavy atom. The van der Waals surface area contributed by atoms with Crippen molar-refractivity contribution in [2.75, 3.05) is 33.3 Å². The number of hydrogen-bond acceptors (Lipinski definition) is 9. The molecule has 4 atom stereocenters. The summed E-state index contributed by atoms with van der Waals surface area (Å²) in [5, 5.41) is 27.3. The number of carbonyl (C=O) groups is 2. The summed E-state index contributed by atoms with van der Waals surface area (Å²) in [7, 11) is -2.52. The molecule has 0 unspecified atom stereocenters. The summed E-state index contributed by atoms with van der Waals surface area (Å²) >= 11 is 0. The van der Waals surface area contributed by atoms with E-state index in [-0.39, 0.29) is 48.8 Å². The first-order valence-corrected chi connectivity index (χ1v) is 19.1. The van der Waals surface area contributed by atoms with Gasteiger partial charge in [-0.3, -0.25) is 9.78 Å². The first kappa shape index (κ1) is 40.2. The number of nitrogens with one attached hydrogen (secondary N) is 1. The molecule has 2 aromatic carbocycles. The number of benzene rings is 2. The average molecular weight is 737 g/mol. The van der Waals surface area contributed by atoms with Crippen molar-refractivity contribution >= 4 is 27.7 Å². The SMILES string of the molecule is CC[C@H](C)[C@@H](C(=O)N[C@@H](Cc1ccccc1)[C@H](O)CN(CC(C)C)S(=O)(=O)c1ccc(OC)cc1)N1CCN(Cc2ccnc(/C(C)=N/O)c2)C1=O. The highest BCUT2D eigenvalue weighted by molar-refractivity contribution is 7.89. The fraction of sp³-hybridized carbons (Fsp3) is 0.474. The molecule has 1 saturated heterocycles. The molecule has 4 rings (SSSR count). The zero-order valence-corrected chi connectivity index (χ0v) is 31.7. The predicted octanol–water partition coefficient (Wildman–Crippen LogP) is 4.38. The number of methoxy groups -OCH3 is 1. The number of ether oxygens (including phenoxy) is 1. The number of aliphatic hydroxyl groups is 1. The van der Waals surface area contributed by atoms with Gasteiger partial charge >= 0.3 is 6.03 Å². The van der Waals surface area contributed by atoms with Gasteiger partial charge in [-0.2, -0.15) is 4.31 Å². The molecule has 1 aliphatic heterocycles. The molecule has 3 amide bonds. The van der Waals surface area contributed by atoms with E-state index in [2.05, 4.69) is 15.5 Å². The molecule has 2 heterocycles. The van der Waals surface area contributed by atoms with Crippen LogP contribution in [-0.4, -0.2) is 107 Å². The molecule has 0 saturated carbocycles. The van der Waals surface area contributed by atoms with Crippen molar-refractivity contribution in [1.82, 2.24) is 24.4 Å². The van der Waals surface area contributed by atoms with Crippen LogP contribution in [0.15, 0.2) is 83.0 Å². The predicted molar refractivity (Wildman–Crippen MR) is 199 cm³/mol. The highest BCUT2D eigenvalue weighted by Gasteiger charge is 2.41. The van der Waals surface area contributed by atoms with Crippen LogP contribution in [0.4, 0.5) is 4.79 Å². The molecule has 3 aromatic rings. The molecule has 14 heteroatoms. The standard InChI is InChI=1S/C38H52N6O7S/c1-7-27(4)36(44-20-19-42(38(44)47)24-30-17-18-39-33(22-30)28(5)41-48)37(46)40-34(21-29-11-9-8-10-12-29)35(45)25-43(23-26(2)3)52(49,50)32-15-13-31(51-6)14-16-32/h8-18,22,26-27,34-36,45,48H,7,19-21,23-25H2,1-6H3,(H,40,46)/b41-28+/t27-,34-,35+,36-/m0/s1. The summed E-state index contributed by atoms with van der Waals surface area (Å²) in [4.78, 5) is 35.7. The second-order valence-electron chi connectivity index (χ2n) is 13.7. The Bertz CT molecular complexity index is 1770. The summed E-state index contributed by atoms with van der Waals surface area (Å²) < 4.78 is 34.3. The molecule has 52 heavy (non-hydrogen) atoms. The summed E-state index contributed by atoms with van der Waals surface area (Å²) in [6, 6.07) is 17.0. The molecule has 13 nitrogen and oxygen atoms in total. The van der Waals surface area contributed by atoms with Crippen molar-refractivity contribution in [3.63, 3.8) is 0 Å². The maximum absolute atomic E-state index is 14.3. The van der Waals surface area contributed by atoms with Crippen LogP contribution in [0, 0.1) is 11.8 Å². The van der Waals surface area contributed by atoms with E-state index in [9.17, 15) is 28.3 Å². The zero-order chi connectivity index (χ0) is 38.0. The number of aromatic nitrogens is 1. The van der Waals surface area contributed by atoms with E-state index in [0.29, 0.717) is 36.7 Å². The molecular weight excluding hydrogens is 685 g/mol. The fourth-order valence-corrected chi connectivity index (χ4v) is 7.93. The van der Waals surface area contributed by atoms with Crippen molar-refractivity contribution < 1.29 is 33.1 Å². The van der Waals surface area contributed by atoms with Gasteiger partial charge in [0.15, 0.2) is 0 Å². The van der Waals surface area contributed by atoms with Crippen LogP contribution in [0.25, 0.3) is 0 Å². The minimum atomic E-state index is -4.02. The normalized spacial score (nSPS) is 16.2. The molecule has 0 spiro atoms. The molecule has 0 bridgehead atoms. The summed E-state index contributed by atoms with van der Waals surface area (Å²) in [6.07, 6.45) is 1.16. The van der Waals surface area contributed by atoms with Gasteiger partial charge in [-0.1, -0.05) is 69.6 Å². The number of amides is 3. The Morgan fingerprint density at radius 1 is 1.04 bits per heavy atom. The largest absolute Gasteiger partial charge is 0.497 e. The minimum absolute atomic E-state index is 0.0492. The Kier molecular flexibility index (Phi) is 14.2. The Balaban J connectivity index is 1.58. The van der Waals surface area contributed by atoms with Crippen LogP contribution >= 0.6 is 0 Å². The number of carbonyl (C=O) groups excluding carboxylic acids is 2. The lowest BCUT2D eigenvalue weighted by Gasteiger charge is -2.35. The number of oxime groups is 1. The third-order valence-corrected chi connectivity index (χ3v) is 11.2. The number of urea groups is 1. The van der Waals surface area contributed by atoms with E-state index in [0.717, 1.165) is 11.1 Å². The van der Waals surface area contributed by atoms with Gasteiger partial charge in [0.25, 0.3) is 0 Å². The van der Waals surface area contributed by atoms with E-state index in [1.54, 1.807) is 47.2 Å². The van der Waals surface area contributed by atoms with Gasteiger partial charge < -0.3 is 30.2 Å². The van der Waals surface area contributed by atoms with Crippen LogP contribution in [-0.2, 0) is 27.8 Å². The number of nitrogens with zero attached hydrogens (tertiary/aromatic N) is 5. The van der Waals surface area contributed by atoms with E-state index < -0.39 is 34.1 Å². The first-order chi connectivity index (χ1) is 24.8. The topological polar surface area (TPSA) is 165 Å². The quantitative estimate of drug-likeness (QED) is 0.0985. The molecule has 0 aliphatic carbocycles. The molecule has 1 aromatic heterocycles. The zero-order valence-electron chi connectivity index (χ0n) is 30.8. The van der Waals surface area contributed by atoms with E-state index in [1.807, 2.05) is 58.0 Å². The summed E-state index contributed by atoms with van der Waals surface area (Å²) in [5.74, 6) is -0.168. The van der Waals surface area contributed by atoms with Gasteiger partial charge in [0, 0.05) is 38.9 Å². The van der Waals surface area contributed by atoms with E-state index in [4.69, 9.17) is 4.74 Å². The highest BCUT2D eigenvalue weighted by atomic mass is 32.2. The average Bonchev–Trinajstić information content (AvgIpc) is 3.49. The molecule has 3 N–H and O–H groups in total. The van der Waals surface area contributed by atoms with Crippen molar-refractivity contribution in [2.45, 2.75) is 77.1 Å². The van der Waals surface area contributed by atoms with Gasteiger partial charge in [-0.05, 0) is 72.7 Å². The van der Waals surface area contributed by atoms with Gasteiger partial charge in [-0.25, -0.2) is 13.2 Å². The van der Waals surface area contributed by atoms with Crippen molar-refractivity contribution in [2.24, 2.45) is 17.0 Å². The lowest BCUT2D eigenvalue weighted by Crippen LogP contribution is -2.57. The maximum atomic E-state index is 14.3. The van der Waals surface area contributed by atoms with Crippen molar-refractivity contribution in [3.05, 3.63) is 89.7 Å². The first-order valence-electron chi connectivity index (χ1n) is 17.6. The van der Waals surface area contributed by atoms with Crippen molar-refractivity contribution in [1.29, 1.82) is 0 Å². The van der Waals surface area contributed by atoms with E-state index in [1.165, 1.54) is 23.5 Å². The lowest BCUT2D eigenvalue weighted by molar-refractivity contribution is -0.128. The third kappa shape index (κ3) is 10.1. The fourth-order valence-electron chi connectivity index (χ4n) is 6.31. The van der Waals surface area contributed by atoms with Gasteiger partial charge in [0.05, 0.1) is 29.8 Å².